The third kappa shape index (κ3) is 10.3. The fourth-order valence-electron chi connectivity index (χ4n) is 0.927. The van der Waals surface area contributed by atoms with Gasteiger partial charge in [-0.05, 0) is 25.7 Å². The van der Waals surface area contributed by atoms with Crippen molar-refractivity contribution in [2.24, 2.45) is 0 Å². The van der Waals surface area contributed by atoms with Crippen LogP contribution in [0, 0.1) is 12.3 Å². The maximum absolute atomic E-state index is 7.43. The molecule has 1 N–H and O–H groups in total. The molecule has 61 valence electrons. The van der Waals surface area contributed by atoms with Crippen molar-refractivity contribution >= 4 is 24.6 Å². The first-order valence-electron chi connectivity index (χ1n) is 4.16. The van der Waals surface area contributed by atoms with Crippen molar-refractivity contribution in [1.29, 1.82) is 5.41 Å². The molecule has 0 atom stereocenters. The van der Waals surface area contributed by atoms with E-state index in [0.29, 0.717) is 0 Å². The first kappa shape index (κ1) is 13.8. The summed E-state index contributed by atoms with van der Waals surface area (Å²) in [6.07, 6.45) is 6.46. The molecule has 0 heterocycles. The molecular weight excluding hydrogens is 129 g/mol. The van der Waals surface area contributed by atoms with Gasteiger partial charge in [0.1, 0.15) is 0 Å². The number of nitrogens with one attached hydrogen (secondary N) is 1. The van der Waals surface area contributed by atoms with Gasteiger partial charge in [-0.2, -0.15) is 0 Å². The normalized spacial score (nSPS) is 8.91. The second kappa shape index (κ2) is 10.3. The zero-order valence-corrected chi connectivity index (χ0v) is 6.95. The fraction of sp³-hybridized carbons (Fsp3) is 0.778. The molecule has 2 heteroatoms. The van der Waals surface area contributed by atoms with Crippen molar-refractivity contribution in [3.8, 4) is 0 Å². The summed E-state index contributed by atoms with van der Waals surface area (Å²) in [5, 5.41) is 7.43. The number of rotatable bonds is 6. The minimum atomic E-state index is 0. The Bertz CT molecular complexity index is 91.6. The molecule has 0 rings (SSSR count). The van der Waals surface area contributed by atoms with Gasteiger partial charge in [-0.1, -0.05) is 26.7 Å². The Morgan fingerprint density at radius 1 is 1.27 bits per heavy atom. The Morgan fingerprint density at radius 2 is 1.91 bits per heavy atom. The van der Waals surface area contributed by atoms with Crippen LogP contribution in [0.5, 0.6) is 0 Å². The minimum absolute atomic E-state index is 0. The molecule has 0 saturated carbocycles. The standard InChI is InChI=1S/C9H18N.Li.H/c1-3-5-6-8-9(10)7-4-2;;/h10H,2-8H2,1H3;;. The van der Waals surface area contributed by atoms with Crippen molar-refractivity contribution in [2.75, 3.05) is 0 Å². The zero-order valence-electron chi connectivity index (χ0n) is 6.95. The summed E-state index contributed by atoms with van der Waals surface area (Å²) in [5.74, 6) is 0. The Balaban J connectivity index is 0. The molecule has 0 aliphatic carbocycles. The quantitative estimate of drug-likeness (QED) is 0.340. The van der Waals surface area contributed by atoms with E-state index in [2.05, 4.69) is 13.8 Å². The van der Waals surface area contributed by atoms with Crippen molar-refractivity contribution in [1.82, 2.24) is 0 Å². The molecule has 0 amide bonds. The topological polar surface area (TPSA) is 23.9 Å². The Kier molecular flexibility index (Phi) is 12.9. The first-order chi connectivity index (χ1) is 4.81. The maximum atomic E-state index is 7.43. The number of hydrogen-bond donors (Lipinski definition) is 1. The molecule has 0 aromatic rings. The van der Waals surface area contributed by atoms with Crippen LogP contribution >= 0.6 is 0 Å². The Hall–Kier alpha value is 0.267. The van der Waals surface area contributed by atoms with Gasteiger partial charge in [-0.3, -0.25) is 0 Å². The third-order valence-electron chi connectivity index (χ3n) is 1.56. The summed E-state index contributed by atoms with van der Waals surface area (Å²) < 4.78 is 0. The van der Waals surface area contributed by atoms with Crippen LogP contribution in [0.15, 0.2) is 0 Å². The Morgan fingerprint density at radius 3 is 2.36 bits per heavy atom. The van der Waals surface area contributed by atoms with Crippen LogP contribution in [0.2, 0.25) is 0 Å². The van der Waals surface area contributed by atoms with Gasteiger partial charge < -0.3 is 5.41 Å². The van der Waals surface area contributed by atoms with Crippen LogP contribution in [-0.2, 0) is 0 Å². The average Bonchev–Trinajstić information content (AvgIpc) is 1.89. The van der Waals surface area contributed by atoms with Crippen molar-refractivity contribution in [3.05, 3.63) is 6.92 Å². The van der Waals surface area contributed by atoms with E-state index < -0.39 is 0 Å². The molecule has 0 fully saturated rings. The van der Waals surface area contributed by atoms with Gasteiger partial charge in [0.25, 0.3) is 0 Å². The van der Waals surface area contributed by atoms with Crippen LogP contribution in [0.3, 0.4) is 0 Å². The zero-order chi connectivity index (χ0) is 7.82. The van der Waals surface area contributed by atoms with E-state index >= 15 is 0 Å². The van der Waals surface area contributed by atoms with Gasteiger partial charge >= 0.3 is 18.9 Å². The predicted molar refractivity (Wildman–Crippen MR) is 53.6 cm³/mol. The summed E-state index contributed by atoms with van der Waals surface area (Å²) in [5.41, 5.74) is 0.878. The third-order valence-corrected chi connectivity index (χ3v) is 1.56. The van der Waals surface area contributed by atoms with Crippen molar-refractivity contribution in [2.45, 2.75) is 45.4 Å². The van der Waals surface area contributed by atoms with Crippen molar-refractivity contribution < 1.29 is 0 Å². The molecule has 0 aliphatic rings. The summed E-state index contributed by atoms with van der Waals surface area (Å²) in [6, 6.07) is 0. The van der Waals surface area contributed by atoms with Crippen LogP contribution in [0.1, 0.15) is 45.4 Å². The molecule has 0 bridgehead atoms. The van der Waals surface area contributed by atoms with Crippen molar-refractivity contribution in [3.63, 3.8) is 0 Å². The summed E-state index contributed by atoms with van der Waals surface area (Å²) in [6.45, 7) is 5.90. The van der Waals surface area contributed by atoms with E-state index in [1.165, 1.54) is 19.3 Å². The molecule has 11 heavy (non-hydrogen) atoms. The molecule has 0 aromatic heterocycles. The molecule has 1 nitrogen and oxygen atoms in total. The van der Waals surface area contributed by atoms with Crippen LogP contribution in [0.25, 0.3) is 0 Å². The molecule has 0 spiro atoms. The SMILES string of the molecule is [CH2]CCC(=N)CCCCC.[LiH]. The van der Waals surface area contributed by atoms with Gasteiger partial charge in [0, 0.05) is 5.71 Å². The van der Waals surface area contributed by atoms with Gasteiger partial charge in [-0.15, -0.1) is 0 Å². The van der Waals surface area contributed by atoms with E-state index in [1.54, 1.807) is 0 Å². The molecule has 1 radical (unpaired) electrons. The van der Waals surface area contributed by atoms with E-state index in [4.69, 9.17) is 5.41 Å². The van der Waals surface area contributed by atoms with Crippen LogP contribution < -0.4 is 0 Å². The van der Waals surface area contributed by atoms with Gasteiger partial charge in [-0.25, -0.2) is 0 Å². The number of unbranched alkanes of at least 4 members (excludes halogenated alkanes) is 2. The molecular formula is C9H19LiN. The molecule has 0 saturated heterocycles. The predicted octanol–water partition coefficient (Wildman–Crippen LogP) is 2.55. The summed E-state index contributed by atoms with van der Waals surface area (Å²) >= 11 is 0. The fourth-order valence-corrected chi connectivity index (χ4v) is 0.927. The van der Waals surface area contributed by atoms with Crippen LogP contribution in [0.4, 0.5) is 0 Å². The van der Waals surface area contributed by atoms with Gasteiger partial charge in [0.2, 0.25) is 0 Å². The van der Waals surface area contributed by atoms with Gasteiger partial charge in [0.05, 0.1) is 0 Å². The first-order valence-corrected chi connectivity index (χ1v) is 4.16. The molecule has 0 aliphatic heterocycles. The van der Waals surface area contributed by atoms with Crippen LogP contribution in [-0.4, -0.2) is 24.6 Å². The van der Waals surface area contributed by atoms with E-state index in [9.17, 15) is 0 Å². The van der Waals surface area contributed by atoms with Gasteiger partial charge in [0.15, 0.2) is 0 Å². The molecule has 0 aromatic carbocycles. The number of hydrogen-bond acceptors (Lipinski definition) is 1. The monoisotopic (exact) mass is 148 g/mol. The average molecular weight is 148 g/mol. The second-order valence-electron chi connectivity index (χ2n) is 2.66. The summed E-state index contributed by atoms with van der Waals surface area (Å²) in [4.78, 5) is 0. The second-order valence-corrected chi connectivity index (χ2v) is 2.66. The van der Waals surface area contributed by atoms with E-state index in [-0.39, 0.29) is 18.9 Å². The molecule has 0 unspecified atom stereocenters. The van der Waals surface area contributed by atoms with E-state index in [0.717, 1.165) is 25.0 Å². The summed E-state index contributed by atoms with van der Waals surface area (Å²) in [7, 11) is 0. The van der Waals surface area contributed by atoms with E-state index in [1.807, 2.05) is 0 Å². The Labute approximate surface area is 82.6 Å².